The Labute approximate surface area is 71.6 Å². The van der Waals surface area contributed by atoms with Gasteiger partial charge in [-0.2, -0.15) is 0 Å². The number of rotatable bonds is 3. The first-order chi connectivity index (χ1) is 5.72. The maximum Gasteiger partial charge on any atom is 0.127 e. The van der Waals surface area contributed by atoms with Crippen molar-refractivity contribution in [1.29, 1.82) is 0 Å². The summed E-state index contributed by atoms with van der Waals surface area (Å²) in [4.78, 5) is 0. The van der Waals surface area contributed by atoms with Crippen LogP contribution in [-0.2, 0) is 0 Å². The maximum absolute atomic E-state index is 12.7. The normalized spacial score (nSPS) is 9.83. The predicted molar refractivity (Wildman–Crippen MR) is 49.6 cm³/mol. The molecule has 0 spiro atoms. The van der Waals surface area contributed by atoms with Gasteiger partial charge in [0.05, 0.1) is 0 Å². The second kappa shape index (κ2) is 3.95. The number of nitrogen functional groups attached to an aromatic ring is 1. The lowest BCUT2D eigenvalue weighted by Gasteiger charge is -2.05. The van der Waals surface area contributed by atoms with E-state index in [0.717, 1.165) is 18.7 Å². The van der Waals surface area contributed by atoms with Crippen LogP contribution in [0.4, 0.5) is 15.8 Å². The van der Waals surface area contributed by atoms with Crippen molar-refractivity contribution in [2.45, 2.75) is 13.3 Å². The minimum Gasteiger partial charge on any atom is -0.399 e. The number of hydrogen-bond donors (Lipinski definition) is 2. The lowest BCUT2D eigenvalue weighted by molar-refractivity contribution is 0.629. The van der Waals surface area contributed by atoms with E-state index in [4.69, 9.17) is 5.73 Å². The first-order valence-electron chi connectivity index (χ1n) is 4.02. The minimum atomic E-state index is -0.298. The highest BCUT2D eigenvalue weighted by atomic mass is 19.1. The van der Waals surface area contributed by atoms with Crippen molar-refractivity contribution in [2.24, 2.45) is 0 Å². The molecule has 0 bridgehead atoms. The Morgan fingerprint density at radius 2 is 2.17 bits per heavy atom. The van der Waals surface area contributed by atoms with Gasteiger partial charge < -0.3 is 11.1 Å². The van der Waals surface area contributed by atoms with Crippen LogP contribution in [0.5, 0.6) is 0 Å². The van der Waals surface area contributed by atoms with Gasteiger partial charge in [0.15, 0.2) is 0 Å². The van der Waals surface area contributed by atoms with E-state index in [0.29, 0.717) is 5.69 Å². The van der Waals surface area contributed by atoms with E-state index in [1.807, 2.05) is 0 Å². The average Bonchev–Trinajstić information content (AvgIpc) is 1.99. The SMILES string of the molecule is CCCNc1cc(N)cc(F)c1. The Balaban J connectivity index is 2.72. The summed E-state index contributed by atoms with van der Waals surface area (Å²) in [5, 5.41) is 3.06. The molecule has 0 aliphatic heterocycles. The van der Waals surface area contributed by atoms with Crippen LogP contribution in [0, 0.1) is 5.82 Å². The summed E-state index contributed by atoms with van der Waals surface area (Å²) in [5.41, 5.74) is 6.65. The van der Waals surface area contributed by atoms with Gasteiger partial charge in [-0.3, -0.25) is 0 Å². The van der Waals surface area contributed by atoms with Crippen molar-refractivity contribution < 1.29 is 4.39 Å². The second-order valence-electron chi connectivity index (χ2n) is 2.70. The topological polar surface area (TPSA) is 38.0 Å². The molecule has 0 radical (unpaired) electrons. The number of nitrogens with one attached hydrogen (secondary N) is 1. The first kappa shape index (κ1) is 8.84. The fraction of sp³-hybridized carbons (Fsp3) is 0.333. The summed E-state index contributed by atoms with van der Waals surface area (Å²) in [6, 6.07) is 4.46. The van der Waals surface area contributed by atoms with Gasteiger partial charge in [-0.1, -0.05) is 6.92 Å². The molecule has 66 valence electrons. The molecule has 0 aliphatic carbocycles. The van der Waals surface area contributed by atoms with Crippen LogP contribution in [0.1, 0.15) is 13.3 Å². The zero-order valence-corrected chi connectivity index (χ0v) is 7.10. The van der Waals surface area contributed by atoms with Crippen molar-refractivity contribution in [3.05, 3.63) is 24.0 Å². The number of hydrogen-bond acceptors (Lipinski definition) is 2. The van der Waals surface area contributed by atoms with Gasteiger partial charge in [-0.15, -0.1) is 0 Å². The molecule has 0 fully saturated rings. The van der Waals surface area contributed by atoms with E-state index in [-0.39, 0.29) is 5.82 Å². The van der Waals surface area contributed by atoms with Crippen LogP contribution < -0.4 is 11.1 Å². The average molecular weight is 168 g/mol. The summed E-state index contributed by atoms with van der Waals surface area (Å²) in [5.74, 6) is -0.298. The van der Waals surface area contributed by atoms with E-state index in [1.54, 1.807) is 6.07 Å². The Morgan fingerprint density at radius 1 is 1.42 bits per heavy atom. The van der Waals surface area contributed by atoms with Crippen LogP contribution >= 0.6 is 0 Å². The third kappa shape index (κ3) is 2.42. The van der Waals surface area contributed by atoms with Crippen LogP contribution in [0.15, 0.2) is 18.2 Å². The molecule has 1 aromatic carbocycles. The van der Waals surface area contributed by atoms with E-state index in [1.165, 1.54) is 12.1 Å². The molecule has 0 amide bonds. The first-order valence-corrected chi connectivity index (χ1v) is 4.02. The number of benzene rings is 1. The molecule has 0 atom stereocenters. The molecule has 3 heteroatoms. The molecule has 1 rings (SSSR count). The highest BCUT2D eigenvalue weighted by Crippen LogP contribution is 2.14. The number of anilines is 2. The van der Waals surface area contributed by atoms with E-state index >= 15 is 0 Å². The van der Waals surface area contributed by atoms with Crippen LogP contribution in [-0.4, -0.2) is 6.54 Å². The lowest BCUT2D eigenvalue weighted by atomic mass is 10.2. The van der Waals surface area contributed by atoms with Gasteiger partial charge in [0.1, 0.15) is 5.82 Å². The van der Waals surface area contributed by atoms with Crippen LogP contribution in [0.25, 0.3) is 0 Å². The summed E-state index contributed by atoms with van der Waals surface area (Å²) in [6.07, 6.45) is 1.01. The molecule has 0 heterocycles. The van der Waals surface area contributed by atoms with Gasteiger partial charge in [0.2, 0.25) is 0 Å². The summed E-state index contributed by atoms with van der Waals surface area (Å²) in [6.45, 7) is 2.89. The van der Waals surface area contributed by atoms with E-state index in [9.17, 15) is 4.39 Å². The maximum atomic E-state index is 12.7. The van der Waals surface area contributed by atoms with Crippen molar-refractivity contribution >= 4 is 11.4 Å². The zero-order valence-electron chi connectivity index (χ0n) is 7.10. The third-order valence-electron chi connectivity index (χ3n) is 1.50. The number of halogens is 1. The summed E-state index contributed by atoms with van der Waals surface area (Å²) in [7, 11) is 0. The molecule has 2 nitrogen and oxygen atoms in total. The summed E-state index contributed by atoms with van der Waals surface area (Å²) >= 11 is 0. The van der Waals surface area contributed by atoms with Crippen LogP contribution in [0.2, 0.25) is 0 Å². The van der Waals surface area contributed by atoms with Crippen molar-refractivity contribution in [3.63, 3.8) is 0 Å². The van der Waals surface area contributed by atoms with Gasteiger partial charge in [0.25, 0.3) is 0 Å². The molecule has 0 saturated heterocycles. The number of nitrogens with two attached hydrogens (primary N) is 1. The molecular weight excluding hydrogens is 155 g/mol. The lowest BCUT2D eigenvalue weighted by Crippen LogP contribution is -2.00. The van der Waals surface area contributed by atoms with Gasteiger partial charge in [-0.25, -0.2) is 4.39 Å². The van der Waals surface area contributed by atoms with Crippen molar-refractivity contribution in [2.75, 3.05) is 17.6 Å². The molecule has 0 aliphatic rings. The molecule has 0 saturated carbocycles. The van der Waals surface area contributed by atoms with E-state index < -0.39 is 0 Å². The Hall–Kier alpha value is -1.25. The van der Waals surface area contributed by atoms with Crippen molar-refractivity contribution in [3.8, 4) is 0 Å². The molecule has 3 N–H and O–H groups in total. The molecule has 0 aromatic heterocycles. The largest absolute Gasteiger partial charge is 0.399 e. The molecule has 1 aromatic rings. The smallest absolute Gasteiger partial charge is 0.127 e. The highest BCUT2D eigenvalue weighted by Gasteiger charge is 1.96. The molecule has 0 unspecified atom stereocenters. The highest BCUT2D eigenvalue weighted by molar-refractivity contribution is 5.54. The Morgan fingerprint density at radius 3 is 2.75 bits per heavy atom. The van der Waals surface area contributed by atoms with Crippen molar-refractivity contribution in [1.82, 2.24) is 0 Å². The van der Waals surface area contributed by atoms with E-state index in [2.05, 4.69) is 12.2 Å². The Bertz CT molecular complexity index is 240. The fourth-order valence-electron chi connectivity index (χ4n) is 0.984. The monoisotopic (exact) mass is 168 g/mol. The minimum absolute atomic E-state index is 0.298. The fourth-order valence-corrected chi connectivity index (χ4v) is 0.984. The van der Waals surface area contributed by atoms with Gasteiger partial charge in [-0.05, 0) is 24.6 Å². The quantitative estimate of drug-likeness (QED) is 0.679. The standard InChI is InChI=1S/C9H13FN2/c1-2-3-12-9-5-7(10)4-8(11)6-9/h4-6,12H,2-3,11H2,1H3. The van der Waals surface area contributed by atoms with Crippen LogP contribution in [0.3, 0.4) is 0 Å². The predicted octanol–water partition coefficient (Wildman–Crippen LogP) is 2.23. The molecular formula is C9H13FN2. The third-order valence-corrected chi connectivity index (χ3v) is 1.50. The molecule has 12 heavy (non-hydrogen) atoms. The summed E-state index contributed by atoms with van der Waals surface area (Å²) < 4.78 is 12.7. The van der Waals surface area contributed by atoms with Gasteiger partial charge >= 0.3 is 0 Å². The second-order valence-corrected chi connectivity index (χ2v) is 2.70. The zero-order chi connectivity index (χ0) is 8.97. The Kier molecular flexibility index (Phi) is 2.91. The van der Waals surface area contributed by atoms with Gasteiger partial charge in [0, 0.05) is 17.9 Å².